The van der Waals surface area contributed by atoms with E-state index in [1.807, 2.05) is 0 Å². The first-order valence-electron chi connectivity index (χ1n) is 8.21. The van der Waals surface area contributed by atoms with Crippen LogP contribution in [0.4, 0.5) is 5.69 Å². The van der Waals surface area contributed by atoms with Gasteiger partial charge < -0.3 is 10.2 Å². The zero-order valence-electron chi connectivity index (χ0n) is 13.4. The lowest BCUT2D eigenvalue weighted by molar-refractivity contribution is 0.395. The molecule has 1 aromatic rings. The Labute approximate surface area is 124 Å². The number of nitrogens with zero attached hydrogens (tertiary/aromatic N) is 1. The van der Waals surface area contributed by atoms with Crippen molar-refractivity contribution >= 4 is 5.69 Å². The van der Waals surface area contributed by atoms with E-state index in [0.29, 0.717) is 6.04 Å². The molecule has 0 aliphatic heterocycles. The molecule has 0 bridgehead atoms. The Kier molecular flexibility index (Phi) is 5.90. The topological polar surface area (TPSA) is 15.3 Å². The van der Waals surface area contributed by atoms with E-state index in [9.17, 15) is 0 Å². The fraction of sp³-hybridized carbons (Fsp3) is 0.667. The zero-order chi connectivity index (χ0) is 14.4. The Morgan fingerprint density at radius 3 is 2.65 bits per heavy atom. The van der Waals surface area contributed by atoms with Gasteiger partial charge in [-0.3, -0.25) is 0 Å². The highest BCUT2D eigenvalue weighted by atomic mass is 15.1. The van der Waals surface area contributed by atoms with Gasteiger partial charge in [0.1, 0.15) is 0 Å². The van der Waals surface area contributed by atoms with E-state index in [-0.39, 0.29) is 0 Å². The van der Waals surface area contributed by atoms with E-state index in [1.54, 1.807) is 0 Å². The molecular formula is C18H30N2. The SMILES string of the molecule is CCCNC(CC1CCCC1)c1cccc(N(C)C)c1. The van der Waals surface area contributed by atoms with Crippen molar-refractivity contribution in [2.24, 2.45) is 5.92 Å². The minimum absolute atomic E-state index is 0.526. The van der Waals surface area contributed by atoms with Gasteiger partial charge >= 0.3 is 0 Å². The molecule has 1 N–H and O–H groups in total. The summed E-state index contributed by atoms with van der Waals surface area (Å²) in [6.07, 6.45) is 8.23. The van der Waals surface area contributed by atoms with Gasteiger partial charge in [0.2, 0.25) is 0 Å². The summed E-state index contributed by atoms with van der Waals surface area (Å²) in [5.74, 6) is 0.923. The maximum absolute atomic E-state index is 3.76. The molecule has 0 saturated heterocycles. The van der Waals surface area contributed by atoms with Gasteiger partial charge in [0.15, 0.2) is 0 Å². The molecule has 1 aliphatic carbocycles. The van der Waals surface area contributed by atoms with Gasteiger partial charge in [-0.15, -0.1) is 0 Å². The van der Waals surface area contributed by atoms with E-state index >= 15 is 0 Å². The molecule has 1 aromatic carbocycles. The van der Waals surface area contributed by atoms with Crippen molar-refractivity contribution in [3.63, 3.8) is 0 Å². The summed E-state index contributed by atoms with van der Waals surface area (Å²) in [6.45, 7) is 3.36. The normalized spacial score (nSPS) is 17.4. The monoisotopic (exact) mass is 274 g/mol. The van der Waals surface area contributed by atoms with E-state index in [4.69, 9.17) is 0 Å². The first kappa shape index (κ1) is 15.4. The largest absolute Gasteiger partial charge is 0.378 e. The Morgan fingerprint density at radius 1 is 1.25 bits per heavy atom. The molecule has 1 atom stereocenters. The fourth-order valence-electron chi connectivity index (χ4n) is 3.25. The first-order valence-corrected chi connectivity index (χ1v) is 8.21. The van der Waals surface area contributed by atoms with Crippen molar-refractivity contribution < 1.29 is 0 Å². The zero-order valence-corrected chi connectivity index (χ0v) is 13.4. The molecule has 2 heteroatoms. The molecule has 112 valence electrons. The second-order valence-electron chi connectivity index (χ2n) is 6.38. The third kappa shape index (κ3) is 4.24. The summed E-state index contributed by atoms with van der Waals surface area (Å²) >= 11 is 0. The van der Waals surface area contributed by atoms with Crippen LogP contribution in [0.5, 0.6) is 0 Å². The summed E-state index contributed by atoms with van der Waals surface area (Å²) < 4.78 is 0. The van der Waals surface area contributed by atoms with Crippen LogP contribution in [0.15, 0.2) is 24.3 Å². The van der Waals surface area contributed by atoms with Crippen LogP contribution in [0, 0.1) is 5.92 Å². The molecule has 0 aromatic heterocycles. The molecule has 1 saturated carbocycles. The third-order valence-corrected chi connectivity index (χ3v) is 4.47. The van der Waals surface area contributed by atoms with Crippen molar-refractivity contribution in [3.8, 4) is 0 Å². The van der Waals surface area contributed by atoms with Crippen LogP contribution in [0.1, 0.15) is 57.1 Å². The maximum Gasteiger partial charge on any atom is 0.0364 e. The number of anilines is 1. The molecule has 20 heavy (non-hydrogen) atoms. The molecule has 0 amide bonds. The predicted octanol–water partition coefficient (Wildman–Crippen LogP) is 4.37. The molecule has 1 unspecified atom stereocenters. The van der Waals surface area contributed by atoms with Crippen LogP contribution in [0.2, 0.25) is 0 Å². The lowest BCUT2D eigenvalue weighted by Crippen LogP contribution is -2.24. The summed E-state index contributed by atoms with van der Waals surface area (Å²) in [7, 11) is 4.23. The van der Waals surface area contributed by atoms with Crippen molar-refractivity contribution in [2.45, 2.75) is 51.5 Å². The van der Waals surface area contributed by atoms with Crippen molar-refractivity contribution in [3.05, 3.63) is 29.8 Å². The smallest absolute Gasteiger partial charge is 0.0364 e. The summed E-state index contributed by atoms with van der Waals surface area (Å²) in [6, 6.07) is 9.55. The second kappa shape index (κ2) is 7.68. The Hall–Kier alpha value is -1.02. The molecule has 0 radical (unpaired) electrons. The van der Waals surface area contributed by atoms with Gasteiger partial charge in [-0.1, -0.05) is 44.7 Å². The Morgan fingerprint density at radius 2 is 2.00 bits per heavy atom. The maximum atomic E-state index is 3.76. The van der Waals surface area contributed by atoms with Crippen LogP contribution >= 0.6 is 0 Å². The lowest BCUT2D eigenvalue weighted by Gasteiger charge is -2.24. The number of hydrogen-bond donors (Lipinski definition) is 1. The molecular weight excluding hydrogens is 244 g/mol. The quantitative estimate of drug-likeness (QED) is 0.794. The number of rotatable bonds is 7. The molecule has 1 fully saturated rings. The van der Waals surface area contributed by atoms with E-state index in [0.717, 1.165) is 12.5 Å². The van der Waals surface area contributed by atoms with Gasteiger partial charge in [-0.05, 0) is 43.0 Å². The minimum atomic E-state index is 0.526. The van der Waals surface area contributed by atoms with Crippen LogP contribution in [-0.2, 0) is 0 Å². The number of nitrogens with one attached hydrogen (secondary N) is 1. The second-order valence-corrected chi connectivity index (χ2v) is 6.38. The summed E-state index contributed by atoms with van der Waals surface area (Å²) in [5.41, 5.74) is 2.76. The molecule has 0 heterocycles. The highest BCUT2D eigenvalue weighted by molar-refractivity contribution is 5.47. The van der Waals surface area contributed by atoms with Gasteiger partial charge in [0.25, 0.3) is 0 Å². The molecule has 0 spiro atoms. The van der Waals surface area contributed by atoms with Crippen molar-refractivity contribution in [1.82, 2.24) is 5.32 Å². The van der Waals surface area contributed by atoms with Gasteiger partial charge in [0, 0.05) is 25.8 Å². The van der Waals surface area contributed by atoms with Gasteiger partial charge in [-0.25, -0.2) is 0 Å². The molecule has 1 aliphatic rings. The highest BCUT2D eigenvalue weighted by Gasteiger charge is 2.21. The lowest BCUT2D eigenvalue weighted by atomic mass is 9.93. The van der Waals surface area contributed by atoms with E-state index in [2.05, 4.69) is 55.5 Å². The first-order chi connectivity index (χ1) is 9.70. The Bertz CT molecular complexity index is 394. The van der Waals surface area contributed by atoms with Crippen LogP contribution in [0.3, 0.4) is 0 Å². The standard InChI is InChI=1S/C18H30N2/c1-4-12-19-18(13-15-8-5-6-9-15)16-10-7-11-17(14-16)20(2)3/h7,10-11,14-15,18-19H,4-6,8-9,12-13H2,1-3H3. The summed E-state index contributed by atoms with van der Waals surface area (Å²) in [4.78, 5) is 2.19. The third-order valence-electron chi connectivity index (χ3n) is 4.47. The molecule has 2 rings (SSSR count). The summed E-state index contributed by atoms with van der Waals surface area (Å²) in [5, 5.41) is 3.76. The fourth-order valence-corrected chi connectivity index (χ4v) is 3.25. The van der Waals surface area contributed by atoms with Gasteiger partial charge in [-0.2, -0.15) is 0 Å². The van der Waals surface area contributed by atoms with Crippen LogP contribution in [0.25, 0.3) is 0 Å². The number of hydrogen-bond acceptors (Lipinski definition) is 2. The van der Waals surface area contributed by atoms with E-state index < -0.39 is 0 Å². The van der Waals surface area contributed by atoms with Crippen LogP contribution in [-0.4, -0.2) is 20.6 Å². The van der Waals surface area contributed by atoms with Crippen LogP contribution < -0.4 is 10.2 Å². The minimum Gasteiger partial charge on any atom is -0.378 e. The molecule has 2 nitrogen and oxygen atoms in total. The van der Waals surface area contributed by atoms with Crippen molar-refractivity contribution in [2.75, 3.05) is 25.5 Å². The van der Waals surface area contributed by atoms with Crippen molar-refractivity contribution in [1.29, 1.82) is 0 Å². The Balaban J connectivity index is 2.09. The number of benzene rings is 1. The predicted molar refractivity (Wildman–Crippen MR) is 88.4 cm³/mol. The average molecular weight is 274 g/mol. The highest BCUT2D eigenvalue weighted by Crippen LogP contribution is 2.33. The van der Waals surface area contributed by atoms with E-state index in [1.165, 1.54) is 49.8 Å². The average Bonchev–Trinajstić information content (AvgIpc) is 2.96. The van der Waals surface area contributed by atoms with Gasteiger partial charge in [0.05, 0.1) is 0 Å².